The van der Waals surface area contributed by atoms with Gasteiger partial charge in [-0.25, -0.2) is 4.79 Å². The normalized spacial score (nSPS) is 16.4. The highest BCUT2D eigenvalue weighted by Crippen LogP contribution is 1.97. The Morgan fingerprint density at radius 3 is 2.60 bits per heavy atom. The Morgan fingerprint density at radius 1 is 1.30 bits per heavy atom. The summed E-state index contributed by atoms with van der Waals surface area (Å²) in [5.74, 6) is -0.103. The molecule has 1 aromatic rings. The number of carbonyl (C=O) groups excluding carboxylic acids is 1. The topological polar surface area (TPSA) is 111 Å². The highest BCUT2D eigenvalue weighted by molar-refractivity contribution is 5.78. The van der Waals surface area contributed by atoms with Crippen molar-refractivity contribution in [1.29, 1.82) is 0 Å². The number of aliphatic hydroxyl groups is 1. The number of nitrogens with one attached hydrogen (secondary N) is 3. The first-order valence-corrected chi connectivity index (χ1v) is 6.63. The van der Waals surface area contributed by atoms with Gasteiger partial charge in [-0.15, -0.1) is 0 Å². The van der Waals surface area contributed by atoms with Crippen molar-refractivity contribution in [3.8, 4) is 0 Å². The minimum atomic E-state index is -0.600. The van der Waals surface area contributed by atoms with E-state index < -0.39 is 11.2 Å². The smallest absolute Gasteiger partial charge is 0.325 e. The van der Waals surface area contributed by atoms with Crippen LogP contribution in [0.3, 0.4) is 0 Å². The molecule has 0 radical (unpaired) electrons. The van der Waals surface area contributed by atoms with Crippen molar-refractivity contribution in [1.82, 2.24) is 14.9 Å². The molecule has 1 amide bonds. The molecule has 0 bridgehead atoms. The number of aliphatic hydroxyl groups excluding tert-OH is 1. The fourth-order valence-corrected chi connectivity index (χ4v) is 2.37. The average Bonchev–Trinajstić information content (AvgIpc) is 2.38. The molecule has 1 aromatic heterocycles. The van der Waals surface area contributed by atoms with Crippen LogP contribution in [-0.4, -0.2) is 65.2 Å². The van der Waals surface area contributed by atoms with Crippen LogP contribution in [0.5, 0.6) is 0 Å². The van der Waals surface area contributed by atoms with Crippen molar-refractivity contribution < 1.29 is 14.8 Å². The van der Waals surface area contributed by atoms with Crippen molar-refractivity contribution in [2.75, 3.05) is 39.3 Å². The summed E-state index contributed by atoms with van der Waals surface area (Å²) in [4.78, 5) is 41.9. The molecule has 110 valence electrons. The number of H-pyrrole nitrogens is 2. The van der Waals surface area contributed by atoms with Gasteiger partial charge in [-0.1, -0.05) is 0 Å². The van der Waals surface area contributed by atoms with E-state index in [9.17, 15) is 14.4 Å². The number of hydrogen-bond acceptors (Lipinski definition) is 4. The van der Waals surface area contributed by atoms with E-state index in [2.05, 4.69) is 9.97 Å². The van der Waals surface area contributed by atoms with Gasteiger partial charge in [0.1, 0.15) is 6.54 Å². The minimum absolute atomic E-state index is 0.0223. The summed E-state index contributed by atoms with van der Waals surface area (Å²) in [6, 6.07) is 1.23. The maximum absolute atomic E-state index is 12.1. The molecule has 0 unspecified atom stereocenters. The SMILES string of the molecule is O=C(Cc1cc(=O)[nH]c(=O)[nH]1)N1CC[NH+](CCO)CC1. The highest BCUT2D eigenvalue weighted by Gasteiger charge is 2.23. The van der Waals surface area contributed by atoms with Gasteiger partial charge in [0.05, 0.1) is 39.2 Å². The van der Waals surface area contributed by atoms with Crippen LogP contribution in [0.15, 0.2) is 15.7 Å². The van der Waals surface area contributed by atoms with Gasteiger partial charge >= 0.3 is 5.69 Å². The summed E-state index contributed by atoms with van der Waals surface area (Å²) in [5, 5.41) is 8.87. The Hall–Kier alpha value is -1.93. The van der Waals surface area contributed by atoms with Crippen LogP contribution in [0.25, 0.3) is 0 Å². The second kappa shape index (κ2) is 6.49. The zero-order valence-corrected chi connectivity index (χ0v) is 11.1. The number of quaternary nitrogens is 1. The average molecular weight is 283 g/mol. The zero-order chi connectivity index (χ0) is 14.5. The maximum atomic E-state index is 12.1. The molecule has 1 fully saturated rings. The second-order valence-electron chi connectivity index (χ2n) is 4.89. The lowest BCUT2D eigenvalue weighted by atomic mass is 10.2. The lowest BCUT2D eigenvalue weighted by Gasteiger charge is -2.31. The van der Waals surface area contributed by atoms with E-state index in [0.29, 0.717) is 25.3 Å². The molecule has 2 heterocycles. The first-order chi connectivity index (χ1) is 9.58. The van der Waals surface area contributed by atoms with Crippen LogP contribution in [0.1, 0.15) is 5.69 Å². The molecule has 0 aromatic carbocycles. The molecule has 0 atom stereocenters. The molecule has 0 spiro atoms. The molecule has 0 saturated carbocycles. The van der Waals surface area contributed by atoms with Gasteiger partial charge in [0.2, 0.25) is 5.91 Å². The van der Waals surface area contributed by atoms with Crippen LogP contribution < -0.4 is 16.1 Å². The van der Waals surface area contributed by atoms with Crippen LogP contribution in [0.2, 0.25) is 0 Å². The number of rotatable bonds is 4. The van der Waals surface area contributed by atoms with E-state index in [1.54, 1.807) is 4.90 Å². The monoisotopic (exact) mass is 283 g/mol. The van der Waals surface area contributed by atoms with Gasteiger partial charge in [0, 0.05) is 11.8 Å². The third-order valence-corrected chi connectivity index (χ3v) is 3.45. The maximum Gasteiger partial charge on any atom is 0.325 e. The predicted octanol–water partition coefficient (Wildman–Crippen LogP) is -3.67. The Morgan fingerprint density at radius 2 is 2.00 bits per heavy atom. The molecular formula is C12H19N4O4+. The van der Waals surface area contributed by atoms with E-state index in [-0.39, 0.29) is 18.9 Å². The number of hydrogen-bond donors (Lipinski definition) is 4. The fourth-order valence-electron chi connectivity index (χ4n) is 2.37. The zero-order valence-electron chi connectivity index (χ0n) is 11.1. The number of nitrogens with zero attached hydrogens (tertiary/aromatic N) is 1. The van der Waals surface area contributed by atoms with Crippen LogP contribution in [0.4, 0.5) is 0 Å². The third kappa shape index (κ3) is 3.78. The molecule has 4 N–H and O–H groups in total. The van der Waals surface area contributed by atoms with Crippen molar-refractivity contribution in [3.63, 3.8) is 0 Å². The van der Waals surface area contributed by atoms with Crippen LogP contribution in [-0.2, 0) is 11.2 Å². The van der Waals surface area contributed by atoms with Crippen molar-refractivity contribution in [2.45, 2.75) is 6.42 Å². The Kier molecular flexibility index (Phi) is 4.70. The summed E-state index contributed by atoms with van der Waals surface area (Å²) >= 11 is 0. The van der Waals surface area contributed by atoms with E-state index in [1.807, 2.05) is 0 Å². The summed E-state index contributed by atoms with van der Waals surface area (Å²) in [6.07, 6.45) is 0.0223. The van der Waals surface area contributed by atoms with E-state index >= 15 is 0 Å². The largest absolute Gasteiger partial charge is 0.391 e. The molecule has 1 saturated heterocycles. The predicted molar refractivity (Wildman–Crippen MR) is 70.6 cm³/mol. The van der Waals surface area contributed by atoms with Crippen molar-refractivity contribution >= 4 is 5.91 Å². The molecule has 0 aliphatic carbocycles. The molecule has 2 rings (SSSR count). The van der Waals surface area contributed by atoms with Gasteiger partial charge in [-0.3, -0.25) is 14.6 Å². The summed E-state index contributed by atoms with van der Waals surface area (Å²) < 4.78 is 0. The number of carbonyl (C=O) groups is 1. The van der Waals surface area contributed by atoms with Gasteiger partial charge in [0.15, 0.2) is 0 Å². The Bertz CT molecular complexity index is 543. The van der Waals surface area contributed by atoms with Crippen molar-refractivity contribution in [2.24, 2.45) is 0 Å². The van der Waals surface area contributed by atoms with E-state index in [0.717, 1.165) is 13.1 Å². The molecule has 1 aliphatic heterocycles. The minimum Gasteiger partial charge on any atom is -0.391 e. The molecular weight excluding hydrogens is 264 g/mol. The number of aromatic amines is 2. The number of aromatic nitrogens is 2. The number of piperazine rings is 1. The Labute approximate surface area is 115 Å². The highest BCUT2D eigenvalue weighted by atomic mass is 16.3. The van der Waals surface area contributed by atoms with Gasteiger partial charge < -0.3 is 19.9 Å². The number of amides is 1. The second-order valence-corrected chi connectivity index (χ2v) is 4.89. The van der Waals surface area contributed by atoms with Crippen molar-refractivity contribution in [3.05, 3.63) is 32.6 Å². The van der Waals surface area contributed by atoms with Crippen LogP contribution in [0, 0.1) is 0 Å². The van der Waals surface area contributed by atoms with Gasteiger partial charge in [-0.2, -0.15) is 0 Å². The van der Waals surface area contributed by atoms with Gasteiger partial charge in [0.25, 0.3) is 5.56 Å². The quantitative estimate of drug-likeness (QED) is 0.456. The fraction of sp³-hybridized carbons (Fsp3) is 0.583. The molecule has 1 aliphatic rings. The lowest BCUT2D eigenvalue weighted by molar-refractivity contribution is -0.904. The molecule has 20 heavy (non-hydrogen) atoms. The van der Waals surface area contributed by atoms with Gasteiger partial charge in [-0.05, 0) is 0 Å². The molecule has 8 heteroatoms. The third-order valence-electron chi connectivity index (χ3n) is 3.45. The first kappa shape index (κ1) is 14.5. The van der Waals surface area contributed by atoms with E-state index in [4.69, 9.17) is 5.11 Å². The summed E-state index contributed by atoms with van der Waals surface area (Å²) in [5.41, 5.74) is -0.778. The summed E-state index contributed by atoms with van der Waals surface area (Å²) in [6.45, 7) is 3.71. The first-order valence-electron chi connectivity index (χ1n) is 6.63. The molecule has 8 nitrogen and oxygen atoms in total. The van der Waals surface area contributed by atoms with Crippen LogP contribution >= 0.6 is 0 Å². The van der Waals surface area contributed by atoms with E-state index in [1.165, 1.54) is 11.0 Å². The lowest BCUT2D eigenvalue weighted by Crippen LogP contribution is -3.15. The Balaban J connectivity index is 1.92. The standard InChI is InChI=1S/C12H18N4O4/c17-6-5-15-1-3-16(4-2-15)11(19)8-9-7-10(18)14-12(20)13-9/h7,17H,1-6,8H2,(H2,13,14,18,20)/p+1. The summed E-state index contributed by atoms with van der Waals surface area (Å²) in [7, 11) is 0.